The third-order valence-corrected chi connectivity index (χ3v) is 12.3. The highest BCUT2D eigenvalue weighted by Crippen LogP contribution is 2.42. The minimum Gasteiger partial charge on any atom is -0.228 e. The van der Waals surface area contributed by atoms with Crippen LogP contribution >= 0.6 is 0 Å². The summed E-state index contributed by atoms with van der Waals surface area (Å²) in [5.41, 5.74) is 9.69. The zero-order valence-electron chi connectivity index (χ0n) is 32.7. The van der Waals surface area contributed by atoms with Gasteiger partial charge in [-0.1, -0.05) is 206 Å². The van der Waals surface area contributed by atoms with Crippen LogP contribution in [0.25, 0.3) is 121 Å². The summed E-state index contributed by atoms with van der Waals surface area (Å²) in [6.07, 6.45) is 0. The SMILES string of the molecule is c1ccc(-c2cc(-c3ccc(-c4ccc(-c5ccc6c(c5)c5ccccc5c5cccc7ccc8cccc6c8c75)cc4)c4ccccc34)nc(-c3ccccc3)n2)cc1. The van der Waals surface area contributed by atoms with Crippen molar-refractivity contribution in [2.75, 3.05) is 0 Å². The highest BCUT2D eigenvalue weighted by atomic mass is 14.9. The highest BCUT2D eigenvalue weighted by molar-refractivity contribution is 6.32. The van der Waals surface area contributed by atoms with Crippen molar-refractivity contribution in [1.29, 1.82) is 0 Å². The summed E-state index contributed by atoms with van der Waals surface area (Å²) in [5, 5.41) is 15.1. The third-order valence-electron chi connectivity index (χ3n) is 12.3. The monoisotopic (exact) mass is 760 g/mol. The Bertz CT molecular complexity index is 3570. The predicted molar refractivity (Wildman–Crippen MR) is 254 cm³/mol. The zero-order chi connectivity index (χ0) is 39.6. The summed E-state index contributed by atoms with van der Waals surface area (Å²) >= 11 is 0. The quantitative estimate of drug-likeness (QED) is 0.163. The number of hydrogen-bond acceptors (Lipinski definition) is 2. The molecule has 0 saturated carbocycles. The number of nitrogens with zero attached hydrogens (tertiary/aromatic N) is 2. The van der Waals surface area contributed by atoms with Crippen LogP contribution in [0, 0.1) is 0 Å². The van der Waals surface area contributed by atoms with Crippen LogP contribution in [-0.4, -0.2) is 9.97 Å². The largest absolute Gasteiger partial charge is 0.228 e. The molecule has 0 saturated heterocycles. The van der Waals surface area contributed by atoms with Gasteiger partial charge in [-0.25, -0.2) is 9.97 Å². The minimum absolute atomic E-state index is 0.715. The van der Waals surface area contributed by atoms with E-state index in [1.807, 2.05) is 24.3 Å². The molecule has 0 fully saturated rings. The van der Waals surface area contributed by atoms with E-state index in [9.17, 15) is 0 Å². The van der Waals surface area contributed by atoms with Gasteiger partial charge in [-0.05, 0) is 99.0 Å². The van der Waals surface area contributed by atoms with Gasteiger partial charge in [-0.3, -0.25) is 0 Å². The molecule has 0 aliphatic heterocycles. The van der Waals surface area contributed by atoms with Gasteiger partial charge in [0, 0.05) is 16.7 Å². The summed E-state index contributed by atoms with van der Waals surface area (Å²) in [6, 6.07) is 78.9. The molecule has 0 amide bonds. The zero-order valence-corrected chi connectivity index (χ0v) is 32.7. The lowest BCUT2D eigenvalue weighted by Crippen LogP contribution is -1.96. The molecule has 0 unspecified atom stereocenters. The van der Waals surface area contributed by atoms with E-state index in [4.69, 9.17) is 9.97 Å². The van der Waals surface area contributed by atoms with Crippen LogP contribution in [0.5, 0.6) is 0 Å². The Hall–Kier alpha value is -7.94. The van der Waals surface area contributed by atoms with Crippen LogP contribution in [0.15, 0.2) is 218 Å². The van der Waals surface area contributed by atoms with Crippen LogP contribution in [0.1, 0.15) is 0 Å². The van der Waals surface area contributed by atoms with E-state index in [-0.39, 0.29) is 0 Å². The molecular formula is C58H36N2. The Morgan fingerprint density at radius 3 is 1.38 bits per heavy atom. The minimum atomic E-state index is 0.715. The van der Waals surface area contributed by atoms with Crippen LogP contribution < -0.4 is 0 Å². The molecule has 12 aromatic rings. The molecule has 0 spiro atoms. The molecule has 1 heterocycles. The molecule has 0 atom stereocenters. The summed E-state index contributed by atoms with van der Waals surface area (Å²) in [5.74, 6) is 0.715. The van der Waals surface area contributed by atoms with Crippen molar-refractivity contribution < 1.29 is 0 Å². The summed E-state index contributed by atoms with van der Waals surface area (Å²) in [6.45, 7) is 0. The lowest BCUT2D eigenvalue weighted by atomic mass is 9.89. The van der Waals surface area contributed by atoms with Crippen LogP contribution in [0.4, 0.5) is 0 Å². The fourth-order valence-electron chi connectivity index (χ4n) is 9.41. The van der Waals surface area contributed by atoms with Crippen LogP contribution in [-0.2, 0) is 0 Å². The molecule has 0 N–H and O–H groups in total. The third kappa shape index (κ3) is 5.57. The number of rotatable bonds is 5. The first-order valence-corrected chi connectivity index (χ1v) is 20.6. The van der Waals surface area contributed by atoms with Crippen molar-refractivity contribution >= 4 is 64.6 Å². The van der Waals surface area contributed by atoms with Crippen LogP contribution in [0.3, 0.4) is 0 Å². The number of aromatic nitrogens is 2. The Morgan fingerprint density at radius 1 is 0.233 bits per heavy atom. The molecule has 2 nitrogen and oxygen atoms in total. The Kier molecular flexibility index (Phi) is 7.89. The average Bonchev–Trinajstić information content (AvgIpc) is 3.33. The lowest BCUT2D eigenvalue weighted by molar-refractivity contribution is 1.18. The fourth-order valence-corrected chi connectivity index (χ4v) is 9.41. The van der Waals surface area contributed by atoms with E-state index in [0.717, 1.165) is 33.5 Å². The van der Waals surface area contributed by atoms with E-state index in [2.05, 4.69) is 194 Å². The topological polar surface area (TPSA) is 25.8 Å². The smallest absolute Gasteiger partial charge is 0.160 e. The Balaban J connectivity index is 0.986. The lowest BCUT2D eigenvalue weighted by Gasteiger charge is -2.15. The Labute approximate surface area is 347 Å². The van der Waals surface area contributed by atoms with Crippen molar-refractivity contribution in [3.8, 4) is 56.2 Å². The molecule has 0 aliphatic rings. The maximum atomic E-state index is 5.17. The fraction of sp³-hybridized carbons (Fsp3) is 0. The van der Waals surface area contributed by atoms with E-state index in [1.54, 1.807) is 0 Å². The van der Waals surface area contributed by atoms with Crippen molar-refractivity contribution in [3.05, 3.63) is 218 Å². The molecule has 2 heteroatoms. The second kappa shape index (κ2) is 13.9. The maximum absolute atomic E-state index is 5.17. The van der Waals surface area contributed by atoms with Crippen molar-refractivity contribution in [3.63, 3.8) is 0 Å². The molecule has 1 aromatic heterocycles. The van der Waals surface area contributed by atoms with Crippen LogP contribution in [0.2, 0.25) is 0 Å². The molecule has 12 rings (SSSR count). The number of benzene rings is 10. The molecule has 60 heavy (non-hydrogen) atoms. The highest BCUT2D eigenvalue weighted by Gasteiger charge is 2.16. The molecule has 0 aliphatic carbocycles. The summed E-state index contributed by atoms with van der Waals surface area (Å²) < 4.78 is 0. The number of hydrogen-bond donors (Lipinski definition) is 0. The first-order chi connectivity index (χ1) is 29.7. The summed E-state index contributed by atoms with van der Waals surface area (Å²) in [7, 11) is 0. The van der Waals surface area contributed by atoms with Crippen molar-refractivity contribution in [2.45, 2.75) is 0 Å². The van der Waals surface area contributed by atoms with E-state index >= 15 is 0 Å². The van der Waals surface area contributed by atoms with Gasteiger partial charge in [-0.15, -0.1) is 0 Å². The molecule has 11 aromatic carbocycles. The molecular weight excluding hydrogens is 725 g/mol. The van der Waals surface area contributed by atoms with Gasteiger partial charge >= 0.3 is 0 Å². The van der Waals surface area contributed by atoms with Gasteiger partial charge < -0.3 is 0 Å². The molecule has 278 valence electrons. The molecule has 0 radical (unpaired) electrons. The van der Waals surface area contributed by atoms with Crippen molar-refractivity contribution in [1.82, 2.24) is 9.97 Å². The molecule has 0 bridgehead atoms. The normalized spacial score (nSPS) is 11.7. The Morgan fingerprint density at radius 2 is 0.717 bits per heavy atom. The second-order valence-electron chi connectivity index (χ2n) is 15.7. The first kappa shape index (κ1) is 34.1. The van der Waals surface area contributed by atoms with Gasteiger partial charge in [0.1, 0.15) is 0 Å². The van der Waals surface area contributed by atoms with Crippen molar-refractivity contribution in [2.24, 2.45) is 0 Å². The van der Waals surface area contributed by atoms with E-state index < -0.39 is 0 Å². The van der Waals surface area contributed by atoms with Gasteiger partial charge in [0.2, 0.25) is 0 Å². The first-order valence-electron chi connectivity index (χ1n) is 20.6. The van der Waals surface area contributed by atoms with Gasteiger partial charge in [0.25, 0.3) is 0 Å². The van der Waals surface area contributed by atoms with Gasteiger partial charge in [-0.2, -0.15) is 0 Å². The number of fused-ring (bicyclic) bond motifs is 6. The standard InChI is InChI=1S/C58H36N2/c1-3-13-39(14-4-1)54-36-55(60-58(59-54)42-15-5-2-6-16-42)50-34-33-44(45-19-7-8-20-46(45)50)38-27-25-37(26-28-38)43-31-32-49-52-24-12-18-41-30-29-40-17-11-23-51(56(40)57(41)52)47-21-9-10-22-48(47)53(49)35-43/h1-36H. The van der Waals surface area contributed by atoms with Gasteiger partial charge in [0.05, 0.1) is 11.4 Å². The second-order valence-corrected chi connectivity index (χ2v) is 15.7. The average molecular weight is 761 g/mol. The maximum Gasteiger partial charge on any atom is 0.160 e. The van der Waals surface area contributed by atoms with Gasteiger partial charge in [0.15, 0.2) is 5.82 Å². The van der Waals surface area contributed by atoms with E-state index in [1.165, 1.54) is 81.5 Å². The predicted octanol–water partition coefficient (Wildman–Crippen LogP) is 15.7. The van der Waals surface area contributed by atoms with E-state index in [0.29, 0.717) is 5.82 Å². The summed E-state index contributed by atoms with van der Waals surface area (Å²) in [4.78, 5) is 10.2.